The van der Waals surface area contributed by atoms with Crippen LogP contribution in [0, 0.1) is 18.3 Å². The number of hydrogen-bond donors (Lipinski definition) is 3. The number of ether oxygens (including phenoxy) is 3. The SMILES string of the molecule is COc1cc(OC)c(OC)cc1/C=C(/NC(=O)c1ccccc1)C(=O)Nc1cccc(SCC(=O)Nc2scc(-c3ccc(C)cc3)c2C#N)c1. The summed E-state index contributed by atoms with van der Waals surface area (Å²) in [5.41, 5.74) is 4.42. The van der Waals surface area contributed by atoms with Gasteiger partial charge in [-0.15, -0.1) is 23.1 Å². The molecule has 4 aromatic carbocycles. The van der Waals surface area contributed by atoms with Gasteiger partial charge in [0.25, 0.3) is 11.8 Å². The molecule has 0 bridgehead atoms. The van der Waals surface area contributed by atoms with Gasteiger partial charge in [0.05, 0.1) is 32.6 Å². The maximum Gasteiger partial charge on any atom is 0.272 e. The van der Waals surface area contributed by atoms with Crippen molar-refractivity contribution >= 4 is 57.6 Å². The third-order valence-electron chi connectivity index (χ3n) is 7.54. The van der Waals surface area contributed by atoms with Crippen LogP contribution in [-0.4, -0.2) is 44.8 Å². The van der Waals surface area contributed by atoms with Crippen LogP contribution in [0.5, 0.6) is 17.2 Å². The Kier molecular flexibility index (Phi) is 12.1. The number of methoxy groups -OCH3 is 3. The smallest absolute Gasteiger partial charge is 0.272 e. The maximum atomic E-state index is 13.7. The molecule has 0 aliphatic rings. The van der Waals surface area contributed by atoms with Crippen molar-refractivity contribution in [3.05, 3.63) is 124 Å². The number of amides is 3. The number of carbonyl (C=O) groups is 3. The molecule has 1 heterocycles. The van der Waals surface area contributed by atoms with Crippen LogP contribution in [0.2, 0.25) is 0 Å². The van der Waals surface area contributed by atoms with E-state index >= 15 is 0 Å². The molecule has 0 aliphatic heterocycles. The Morgan fingerprint density at radius 1 is 0.843 bits per heavy atom. The van der Waals surface area contributed by atoms with Crippen LogP contribution in [0.25, 0.3) is 17.2 Å². The van der Waals surface area contributed by atoms with Gasteiger partial charge >= 0.3 is 0 Å². The molecule has 5 aromatic rings. The van der Waals surface area contributed by atoms with E-state index in [1.807, 2.05) is 42.6 Å². The van der Waals surface area contributed by atoms with Crippen molar-refractivity contribution in [1.29, 1.82) is 5.26 Å². The lowest BCUT2D eigenvalue weighted by Gasteiger charge is -2.15. The molecule has 258 valence electrons. The summed E-state index contributed by atoms with van der Waals surface area (Å²) < 4.78 is 16.4. The van der Waals surface area contributed by atoms with E-state index in [1.54, 1.807) is 60.7 Å². The van der Waals surface area contributed by atoms with Crippen molar-refractivity contribution < 1.29 is 28.6 Å². The van der Waals surface area contributed by atoms with Crippen molar-refractivity contribution in [2.75, 3.05) is 37.7 Å². The average Bonchev–Trinajstić information content (AvgIpc) is 3.56. The molecule has 10 nitrogen and oxygen atoms in total. The first kappa shape index (κ1) is 36.3. The predicted molar refractivity (Wildman–Crippen MR) is 202 cm³/mol. The average molecular weight is 719 g/mol. The molecular formula is C39H34N4O6S2. The molecule has 3 amide bonds. The number of thiophene rings is 1. The van der Waals surface area contributed by atoms with E-state index < -0.39 is 11.8 Å². The fourth-order valence-electron chi connectivity index (χ4n) is 4.94. The van der Waals surface area contributed by atoms with Crippen LogP contribution in [0.15, 0.2) is 107 Å². The van der Waals surface area contributed by atoms with Gasteiger partial charge in [0, 0.05) is 38.7 Å². The lowest BCUT2D eigenvalue weighted by molar-refractivity contribution is -0.114. The van der Waals surface area contributed by atoms with E-state index in [-0.39, 0.29) is 17.4 Å². The molecule has 1 aromatic heterocycles. The van der Waals surface area contributed by atoms with E-state index in [9.17, 15) is 19.6 Å². The first-order valence-electron chi connectivity index (χ1n) is 15.5. The molecule has 12 heteroatoms. The summed E-state index contributed by atoms with van der Waals surface area (Å²) >= 11 is 2.57. The molecule has 0 saturated heterocycles. The van der Waals surface area contributed by atoms with Gasteiger partial charge in [-0.1, -0.05) is 54.1 Å². The molecule has 0 spiro atoms. The number of rotatable bonds is 13. The summed E-state index contributed by atoms with van der Waals surface area (Å²) in [5.74, 6) is -0.0634. The van der Waals surface area contributed by atoms with E-state index in [2.05, 4.69) is 22.0 Å². The first-order valence-corrected chi connectivity index (χ1v) is 17.4. The monoisotopic (exact) mass is 718 g/mol. The third-order valence-corrected chi connectivity index (χ3v) is 9.43. The zero-order valence-electron chi connectivity index (χ0n) is 28.2. The highest BCUT2D eigenvalue weighted by Gasteiger charge is 2.19. The van der Waals surface area contributed by atoms with Gasteiger partial charge in [0.15, 0.2) is 11.5 Å². The summed E-state index contributed by atoms with van der Waals surface area (Å²) in [5, 5.41) is 20.6. The Hall–Kier alpha value is -6.03. The fourth-order valence-corrected chi connectivity index (χ4v) is 6.63. The minimum Gasteiger partial charge on any atom is -0.496 e. The number of benzene rings is 4. The third kappa shape index (κ3) is 9.16. The lowest BCUT2D eigenvalue weighted by Crippen LogP contribution is -2.30. The second kappa shape index (κ2) is 17.1. The number of anilines is 2. The number of nitrogens with zero attached hydrogens (tertiary/aromatic N) is 1. The second-order valence-corrected chi connectivity index (χ2v) is 12.9. The summed E-state index contributed by atoms with van der Waals surface area (Å²) in [6.45, 7) is 2.00. The highest BCUT2D eigenvalue weighted by Crippen LogP contribution is 2.37. The predicted octanol–water partition coefficient (Wildman–Crippen LogP) is 7.76. The molecule has 0 atom stereocenters. The van der Waals surface area contributed by atoms with Gasteiger partial charge in [-0.2, -0.15) is 5.26 Å². The topological polar surface area (TPSA) is 139 Å². The van der Waals surface area contributed by atoms with Crippen LogP contribution in [-0.2, 0) is 9.59 Å². The lowest BCUT2D eigenvalue weighted by atomic mass is 10.0. The van der Waals surface area contributed by atoms with Gasteiger partial charge in [-0.25, -0.2) is 0 Å². The minimum absolute atomic E-state index is 0.0546. The van der Waals surface area contributed by atoms with Gasteiger partial charge in [0.1, 0.15) is 22.5 Å². The van der Waals surface area contributed by atoms with Gasteiger partial charge < -0.3 is 30.2 Å². The molecule has 3 N–H and O–H groups in total. The Labute approximate surface area is 304 Å². The zero-order chi connectivity index (χ0) is 36.3. The number of hydrogen-bond acceptors (Lipinski definition) is 9. The number of thioether (sulfide) groups is 1. The van der Waals surface area contributed by atoms with E-state index in [1.165, 1.54) is 50.5 Å². The largest absolute Gasteiger partial charge is 0.496 e. The molecular weight excluding hydrogens is 685 g/mol. The quantitative estimate of drug-likeness (QED) is 0.0830. The summed E-state index contributed by atoms with van der Waals surface area (Å²) in [4.78, 5) is 40.6. The normalized spacial score (nSPS) is 10.8. The molecule has 0 fully saturated rings. The Morgan fingerprint density at radius 2 is 1.55 bits per heavy atom. The van der Waals surface area contributed by atoms with Crippen molar-refractivity contribution in [1.82, 2.24) is 5.32 Å². The fraction of sp³-hybridized carbons (Fsp3) is 0.128. The van der Waals surface area contributed by atoms with Crippen molar-refractivity contribution in [2.45, 2.75) is 11.8 Å². The highest BCUT2D eigenvalue weighted by molar-refractivity contribution is 8.00. The highest BCUT2D eigenvalue weighted by atomic mass is 32.2. The molecule has 5 rings (SSSR count). The van der Waals surface area contributed by atoms with Crippen LogP contribution >= 0.6 is 23.1 Å². The van der Waals surface area contributed by atoms with E-state index in [4.69, 9.17) is 14.2 Å². The van der Waals surface area contributed by atoms with Crippen LogP contribution in [0.4, 0.5) is 10.7 Å². The van der Waals surface area contributed by atoms with Gasteiger partial charge in [-0.05, 0) is 55.0 Å². The first-order chi connectivity index (χ1) is 24.7. The summed E-state index contributed by atoms with van der Waals surface area (Å²) in [6, 6.07) is 28.9. The number of carbonyl (C=O) groups excluding carboxylic acids is 3. The van der Waals surface area contributed by atoms with Crippen molar-refractivity contribution in [3.63, 3.8) is 0 Å². The van der Waals surface area contributed by atoms with Crippen molar-refractivity contribution in [2.24, 2.45) is 0 Å². The Morgan fingerprint density at radius 3 is 2.24 bits per heavy atom. The number of nitriles is 1. The molecule has 51 heavy (non-hydrogen) atoms. The summed E-state index contributed by atoms with van der Waals surface area (Å²) in [6.07, 6.45) is 1.49. The molecule has 0 radical (unpaired) electrons. The standard InChI is InChI=1S/C39H34N4O6S2/c1-24-13-15-25(16-14-24)31-22-51-39(30(31)21-40)43-36(44)23-50-29-12-8-11-28(19-29)41-38(46)32(42-37(45)26-9-6-5-7-10-26)17-27-18-34(48-3)35(49-4)20-33(27)47-2/h5-20,22H,23H2,1-4H3,(H,41,46)(H,42,45)(H,43,44)/b32-17+. The van der Waals surface area contributed by atoms with Crippen molar-refractivity contribution in [3.8, 4) is 34.4 Å². The Bertz CT molecular complexity index is 2120. The Balaban J connectivity index is 1.31. The molecule has 0 saturated carbocycles. The second-order valence-electron chi connectivity index (χ2n) is 11.0. The number of nitrogens with one attached hydrogen (secondary N) is 3. The van der Waals surface area contributed by atoms with Gasteiger partial charge in [-0.3, -0.25) is 14.4 Å². The van der Waals surface area contributed by atoms with E-state index in [0.29, 0.717) is 44.6 Å². The van der Waals surface area contributed by atoms with Gasteiger partial charge in [0.2, 0.25) is 5.91 Å². The van der Waals surface area contributed by atoms with E-state index in [0.717, 1.165) is 21.6 Å². The van der Waals surface area contributed by atoms with Crippen LogP contribution in [0.1, 0.15) is 27.0 Å². The molecule has 0 aliphatic carbocycles. The number of aryl methyl sites for hydroxylation is 1. The molecule has 0 unspecified atom stereocenters. The minimum atomic E-state index is -0.595. The van der Waals surface area contributed by atoms with Crippen LogP contribution < -0.4 is 30.2 Å². The summed E-state index contributed by atoms with van der Waals surface area (Å²) in [7, 11) is 4.47. The maximum absolute atomic E-state index is 13.7. The zero-order valence-corrected chi connectivity index (χ0v) is 29.9. The van der Waals surface area contributed by atoms with Crippen LogP contribution in [0.3, 0.4) is 0 Å².